The van der Waals surface area contributed by atoms with E-state index in [0.717, 1.165) is 18.9 Å². The molecule has 1 aliphatic rings. The van der Waals surface area contributed by atoms with Gasteiger partial charge in [0.15, 0.2) is 0 Å². The van der Waals surface area contributed by atoms with E-state index >= 15 is 0 Å². The summed E-state index contributed by atoms with van der Waals surface area (Å²) in [5.41, 5.74) is 0. The third-order valence-corrected chi connectivity index (χ3v) is 2.30. The summed E-state index contributed by atoms with van der Waals surface area (Å²) in [6.07, 6.45) is 2.16. The minimum Gasteiger partial charge on any atom is -0.382 e. The first-order chi connectivity index (χ1) is 6.90. The average molecular weight is 197 g/mol. The van der Waals surface area contributed by atoms with Gasteiger partial charge in [0.25, 0.3) is 0 Å². The topological polar surface area (TPSA) is 50.4 Å². The van der Waals surface area contributed by atoms with Crippen molar-refractivity contribution in [2.24, 2.45) is 0 Å². The Morgan fingerprint density at radius 3 is 3.07 bits per heavy atom. The number of ether oxygens (including phenoxy) is 2. The molecule has 5 heteroatoms. The van der Waals surface area contributed by atoms with E-state index in [0.29, 0.717) is 19.3 Å². The van der Waals surface area contributed by atoms with Crippen molar-refractivity contribution in [3.8, 4) is 0 Å². The second-order valence-corrected chi connectivity index (χ2v) is 3.32. The Bertz CT molecular complexity index is 257. The monoisotopic (exact) mass is 197 g/mol. The number of aromatic amines is 1. The smallest absolute Gasteiger partial charge is 0.150 e. The Balaban J connectivity index is 1.65. The zero-order valence-electron chi connectivity index (χ0n) is 8.27. The number of nitrogens with zero attached hydrogens (tertiary/aromatic N) is 2. The second-order valence-electron chi connectivity index (χ2n) is 3.32. The van der Waals surface area contributed by atoms with E-state index < -0.39 is 0 Å². The van der Waals surface area contributed by atoms with Gasteiger partial charge in [-0.25, -0.2) is 0 Å². The molecule has 1 N–H and O–H groups in total. The molecular formula is C9H15N3O2. The van der Waals surface area contributed by atoms with Gasteiger partial charge in [0, 0.05) is 32.5 Å². The van der Waals surface area contributed by atoms with Gasteiger partial charge in [-0.1, -0.05) is 0 Å². The number of anilines is 1. The fourth-order valence-electron chi connectivity index (χ4n) is 1.46. The van der Waals surface area contributed by atoms with Crippen LogP contribution >= 0.6 is 0 Å². The predicted octanol–water partition coefficient (Wildman–Crippen LogP) is 0.261. The average Bonchev–Trinajstić information content (AvgIpc) is 2.61. The summed E-state index contributed by atoms with van der Waals surface area (Å²) in [4.78, 5) is 2.17. The molecule has 1 aromatic heterocycles. The van der Waals surface area contributed by atoms with Crippen molar-refractivity contribution in [1.29, 1.82) is 0 Å². The summed E-state index contributed by atoms with van der Waals surface area (Å²) in [6.45, 7) is 3.19. The molecule has 0 amide bonds. The molecule has 0 radical (unpaired) electrons. The first-order valence-electron chi connectivity index (χ1n) is 4.75. The normalized spacial score (nSPS) is 17.1. The number of rotatable bonds is 5. The number of aromatic nitrogens is 2. The molecular weight excluding hydrogens is 182 g/mol. The molecule has 0 saturated carbocycles. The van der Waals surface area contributed by atoms with Crippen LogP contribution in [0.4, 0.5) is 5.82 Å². The van der Waals surface area contributed by atoms with Gasteiger partial charge in [-0.05, 0) is 0 Å². The number of methoxy groups -OCH3 is 1. The lowest BCUT2D eigenvalue weighted by Gasteiger charge is -2.38. The lowest BCUT2D eigenvalue weighted by molar-refractivity contribution is 0.00376. The molecule has 0 spiro atoms. The summed E-state index contributed by atoms with van der Waals surface area (Å²) < 4.78 is 10.4. The number of nitrogens with one attached hydrogen (secondary N) is 1. The van der Waals surface area contributed by atoms with Crippen LogP contribution in [-0.4, -0.2) is 49.7 Å². The Hall–Kier alpha value is -1.07. The van der Waals surface area contributed by atoms with Crippen molar-refractivity contribution < 1.29 is 9.47 Å². The molecule has 0 unspecified atom stereocenters. The Kier molecular flexibility index (Phi) is 3.00. The quantitative estimate of drug-likeness (QED) is 0.688. The number of H-pyrrole nitrogens is 1. The molecule has 14 heavy (non-hydrogen) atoms. The Morgan fingerprint density at radius 1 is 1.57 bits per heavy atom. The molecule has 0 bridgehead atoms. The number of hydrogen-bond donors (Lipinski definition) is 1. The Morgan fingerprint density at radius 2 is 2.43 bits per heavy atom. The van der Waals surface area contributed by atoms with Crippen molar-refractivity contribution in [2.45, 2.75) is 6.10 Å². The van der Waals surface area contributed by atoms with Crippen molar-refractivity contribution >= 4 is 5.82 Å². The highest BCUT2D eigenvalue weighted by molar-refractivity contribution is 5.40. The molecule has 0 aliphatic carbocycles. The Labute approximate surface area is 83.0 Å². The van der Waals surface area contributed by atoms with Crippen LogP contribution in [0, 0.1) is 0 Å². The summed E-state index contributed by atoms with van der Waals surface area (Å²) >= 11 is 0. The SMILES string of the molecule is COCCOC1CN(c2cc[nH]n2)C1. The highest BCUT2D eigenvalue weighted by atomic mass is 16.5. The molecule has 0 atom stereocenters. The molecule has 5 nitrogen and oxygen atoms in total. The van der Waals surface area contributed by atoms with Gasteiger partial charge in [-0.2, -0.15) is 5.10 Å². The standard InChI is InChI=1S/C9H15N3O2/c1-13-4-5-14-8-6-12(7-8)9-2-3-10-11-9/h2-3,8H,4-7H2,1H3,(H,10,11). The predicted molar refractivity (Wildman–Crippen MR) is 52.4 cm³/mol. The third kappa shape index (κ3) is 2.05. The second kappa shape index (κ2) is 4.43. The van der Waals surface area contributed by atoms with E-state index in [4.69, 9.17) is 9.47 Å². The third-order valence-electron chi connectivity index (χ3n) is 2.30. The zero-order chi connectivity index (χ0) is 9.80. The zero-order valence-corrected chi connectivity index (χ0v) is 8.27. The van der Waals surface area contributed by atoms with Gasteiger partial charge in [0.1, 0.15) is 5.82 Å². The van der Waals surface area contributed by atoms with Crippen LogP contribution in [-0.2, 0) is 9.47 Å². The maximum atomic E-state index is 5.54. The maximum absolute atomic E-state index is 5.54. The van der Waals surface area contributed by atoms with Crippen LogP contribution in [0.15, 0.2) is 12.3 Å². The van der Waals surface area contributed by atoms with Crippen molar-refractivity contribution in [2.75, 3.05) is 38.3 Å². The van der Waals surface area contributed by atoms with Gasteiger partial charge >= 0.3 is 0 Å². The van der Waals surface area contributed by atoms with Crippen LogP contribution in [0.25, 0.3) is 0 Å². The lowest BCUT2D eigenvalue weighted by Crippen LogP contribution is -2.52. The molecule has 2 heterocycles. The molecule has 1 fully saturated rings. The van der Waals surface area contributed by atoms with Crippen molar-refractivity contribution in [1.82, 2.24) is 10.2 Å². The fraction of sp³-hybridized carbons (Fsp3) is 0.667. The van der Waals surface area contributed by atoms with Gasteiger partial charge in [-0.3, -0.25) is 5.10 Å². The highest BCUT2D eigenvalue weighted by Gasteiger charge is 2.28. The van der Waals surface area contributed by atoms with E-state index in [1.54, 1.807) is 7.11 Å². The van der Waals surface area contributed by atoms with E-state index in [-0.39, 0.29) is 0 Å². The molecule has 2 rings (SSSR count). The van der Waals surface area contributed by atoms with Gasteiger partial charge in [-0.15, -0.1) is 0 Å². The van der Waals surface area contributed by atoms with E-state index in [1.165, 1.54) is 0 Å². The van der Waals surface area contributed by atoms with Crippen LogP contribution in [0.2, 0.25) is 0 Å². The summed E-state index contributed by atoms with van der Waals surface area (Å²) in [6, 6.07) is 1.96. The van der Waals surface area contributed by atoms with Crippen LogP contribution in [0.1, 0.15) is 0 Å². The molecule has 1 aromatic rings. The molecule has 78 valence electrons. The first kappa shape index (κ1) is 9.48. The summed E-state index contributed by atoms with van der Waals surface area (Å²) in [5, 5.41) is 6.88. The van der Waals surface area contributed by atoms with Crippen molar-refractivity contribution in [3.05, 3.63) is 12.3 Å². The van der Waals surface area contributed by atoms with E-state index in [1.807, 2.05) is 12.3 Å². The summed E-state index contributed by atoms with van der Waals surface area (Å²) in [5.74, 6) is 0.997. The number of hydrogen-bond acceptors (Lipinski definition) is 4. The van der Waals surface area contributed by atoms with E-state index in [2.05, 4.69) is 15.1 Å². The van der Waals surface area contributed by atoms with Crippen LogP contribution in [0.5, 0.6) is 0 Å². The summed E-state index contributed by atoms with van der Waals surface area (Å²) in [7, 11) is 1.68. The van der Waals surface area contributed by atoms with E-state index in [9.17, 15) is 0 Å². The van der Waals surface area contributed by atoms with Crippen LogP contribution < -0.4 is 4.90 Å². The maximum Gasteiger partial charge on any atom is 0.150 e. The highest BCUT2D eigenvalue weighted by Crippen LogP contribution is 2.18. The lowest BCUT2D eigenvalue weighted by atomic mass is 10.2. The molecule has 1 saturated heterocycles. The molecule has 0 aromatic carbocycles. The fourth-order valence-corrected chi connectivity index (χ4v) is 1.46. The molecule has 1 aliphatic heterocycles. The largest absolute Gasteiger partial charge is 0.382 e. The van der Waals surface area contributed by atoms with Crippen LogP contribution in [0.3, 0.4) is 0 Å². The van der Waals surface area contributed by atoms with Gasteiger partial charge < -0.3 is 14.4 Å². The van der Waals surface area contributed by atoms with Gasteiger partial charge in [0.05, 0.1) is 19.3 Å². The van der Waals surface area contributed by atoms with Crippen molar-refractivity contribution in [3.63, 3.8) is 0 Å². The minimum atomic E-state index is 0.335. The first-order valence-corrected chi connectivity index (χ1v) is 4.75. The minimum absolute atomic E-state index is 0.335. The van der Waals surface area contributed by atoms with Gasteiger partial charge in [0.2, 0.25) is 0 Å².